The monoisotopic (exact) mass is 419 g/mol. The first-order valence-corrected chi connectivity index (χ1v) is 12.1. The number of carbonyl (C=O) groups excluding carboxylic acids is 1. The van der Waals surface area contributed by atoms with Crippen molar-refractivity contribution in [1.82, 2.24) is 9.29 Å². The van der Waals surface area contributed by atoms with Crippen molar-refractivity contribution in [3.8, 4) is 0 Å². The number of aromatic nitrogens is 1. The molecule has 1 aromatic carbocycles. The van der Waals surface area contributed by atoms with Crippen LogP contribution in [0.2, 0.25) is 0 Å². The standard InChI is InChI=1S/C20H25N3O3S2/c1-2-4-14-7-9-16(10-8-14)28(25,26)23-12-11-17-18(13-23)27-20(21-17)22-19(24)15-5-3-6-15/h7-10,15H,2-6,11-13H2,1H3,(H,21,22,24). The molecule has 0 spiro atoms. The van der Waals surface area contributed by atoms with E-state index < -0.39 is 10.0 Å². The third kappa shape index (κ3) is 3.86. The molecule has 1 N–H and O–H groups in total. The zero-order valence-electron chi connectivity index (χ0n) is 16.0. The van der Waals surface area contributed by atoms with Crippen molar-refractivity contribution in [2.24, 2.45) is 5.92 Å². The number of rotatable bonds is 6. The Kier molecular flexibility index (Phi) is 5.53. The molecule has 1 amide bonds. The molecule has 6 nitrogen and oxygen atoms in total. The summed E-state index contributed by atoms with van der Waals surface area (Å²) in [6, 6.07) is 7.19. The zero-order valence-corrected chi connectivity index (χ0v) is 17.6. The quantitative estimate of drug-likeness (QED) is 0.776. The highest BCUT2D eigenvalue weighted by atomic mass is 32.2. The second kappa shape index (κ2) is 7.93. The lowest BCUT2D eigenvalue weighted by atomic mass is 9.85. The number of sulfonamides is 1. The molecule has 1 aliphatic heterocycles. The van der Waals surface area contributed by atoms with Gasteiger partial charge in [-0.1, -0.05) is 31.9 Å². The average molecular weight is 420 g/mol. The smallest absolute Gasteiger partial charge is 0.243 e. The molecule has 0 unspecified atom stereocenters. The van der Waals surface area contributed by atoms with Gasteiger partial charge < -0.3 is 5.32 Å². The molecule has 2 heterocycles. The van der Waals surface area contributed by atoms with Gasteiger partial charge >= 0.3 is 0 Å². The first-order chi connectivity index (χ1) is 13.5. The zero-order chi connectivity index (χ0) is 19.7. The van der Waals surface area contributed by atoms with Crippen LogP contribution in [0.5, 0.6) is 0 Å². The van der Waals surface area contributed by atoms with Gasteiger partial charge in [0.25, 0.3) is 0 Å². The number of fused-ring (bicyclic) bond motifs is 1. The molecule has 0 saturated heterocycles. The number of thiazole rings is 1. The van der Waals surface area contributed by atoms with E-state index in [9.17, 15) is 13.2 Å². The summed E-state index contributed by atoms with van der Waals surface area (Å²) in [4.78, 5) is 17.9. The number of hydrogen-bond acceptors (Lipinski definition) is 5. The molecule has 2 aliphatic rings. The molecular formula is C20H25N3O3S2. The number of amides is 1. The fraction of sp³-hybridized carbons (Fsp3) is 0.500. The van der Waals surface area contributed by atoms with E-state index in [1.807, 2.05) is 12.1 Å². The van der Waals surface area contributed by atoms with E-state index in [-0.39, 0.29) is 11.8 Å². The predicted molar refractivity (Wildman–Crippen MR) is 110 cm³/mol. The molecule has 2 aromatic rings. The van der Waals surface area contributed by atoms with E-state index >= 15 is 0 Å². The van der Waals surface area contributed by atoms with Crippen LogP contribution in [0.1, 0.15) is 48.7 Å². The highest BCUT2D eigenvalue weighted by Crippen LogP contribution is 2.33. The molecule has 150 valence electrons. The molecule has 0 atom stereocenters. The Morgan fingerprint density at radius 1 is 1.29 bits per heavy atom. The van der Waals surface area contributed by atoms with Crippen molar-refractivity contribution < 1.29 is 13.2 Å². The lowest BCUT2D eigenvalue weighted by Gasteiger charge is -2.25. The SMILES string of the molecule is CCCc1ccc(S(=O)(=O)N2CCc3nc(NC(=O)C4CCC4)sc3C2)cc1. The minimum atomic E-state index is -3.53. The van der Waals surface area contributed by atoms with Gasteiger partial charge in [0, 0.05) is 23.8 Å². The second-order valence-electron chi connectivity index (χ2n) is 7.49. The van der Waals surface area contributed by atoms with Gasteiger partial charge in [-0.25, -0.2) is 13.4 Å². The maximum atomic E-state index is 13.0. The van der Waals surface area contributed by atoms with Gasteiger partial charge in [0.05, 0.1) is 17.1 Å². The third-order valence-electron chi connectivity index (χ3n) is 5.50. The van der Waals surface area contributed by atoms with Crippen molar-refractivity contribution >= 4 is 32.4 Å². The molecule has 28 heavy (non-hydrogen) atoms. The lowest BCUT2D eigenvalue weighted by Crippen LogP contribution is -2.35. The third-order valence-corrected chi connectivity index (χ3v) is 8.36. The molecule has 1 fully saturated rings. The Bertz CT molecular complexity index is 963. The van der Waals surface area contributed by atoms with Crippen LogP contribution >= 0.6 is 11.3 Å². The van der Waals surface area contributed by atoms with Crippen LogP contribution in [-0.2, 0) is 34.2 Å². The van der Waals surface area contributed by atoms with E-state index in [2.05, 4.69) is 17.2 Å². The summed E-state index contributed by atoms with van der Waals surface area (Å²) in [5, 5.41) is 3.49. The van der Waals surface area contributed by atoms with Gasteiger partial charge in [-0.3, -0.25) is 4.79 Å². The minimum absolute atomic E-state index is 0.0361. The number of carbonyl (C=O) groups is 1. The highest BCUT2D eigenvalue weighted by molar-refractivity contribution is 7.89. The molecule has 0 radical (unpaired) electrons. The van der Waals surface area contributed by atoms with Gasteiger partial charge in [0.2, 0.25) is 15.9 Å². The van der Waals surface area contributed by atoms with Crippen LogP contribution in [0.3, 0.4) is 0 Å². The molecule has 0 bridgehead atoms. The number of nitrogens with zero attached hydrogens (tertiary/aromatic N) is 2. The molecular weight excluding hydrogens is 394 g/mol. The molecule has 4 rings (SSSR count). The molecule has 8 heteroatoms. The molecule has 1 saturated carbocycles. The minimum Gasteiger partial charge on any atom is -0.302 e. The van der Waals surface area contributed by atoms with Crippen LogP contribution in [0.4, 0.5) is 5.13 Å². The molecule has 1 aliphatic carbocycles. The summed E-state index contributed by atoms with van der Waals surface area (Å²) in [5.74, 6) is 0.141. The summed E-state index contributed by atoms with van der Waals surface area (Å²) in [5.41, 5.74) is 2.05. The van der Waals surface area contributed by atoms with Crippen molar-refractivity contribution in [1.29, 1.82) is 0 Å². The summed E-state index contributed by atoms with van der Waals surface area (Å²) in [6.45, 7) is 2.82. The van der Waals surface area contributed by atoms with E-state index in [1.165, 1.54) is 15.6 Å². The van der Waals surface area contributed by atoms with Gasteiger partial charge in [-0.05, 0) is 37.0 Å². The van der Waals surface area contributed by atoms with Gasteiger partial charge in [0.15, 0.2) is 5.13 Å². The van der Waals surface area contributed by atoms with Crippen molar-refractivity contribution in [3.63, 3.8) is 0 Å². The fourth-order valence-electron chi connectivity index (χ4n) is 3.57. The van der Waals surface area contributed by atoms with Crippen LogP contribution in [-0.4, -0.2) is 30.2 Å². The summed E-state index contributed by atoms with van der Waals surface area (Å²) < 4.78 is 27.6. The van der Waals surface area contributed by atoms with E-state index in [0.29, 0.717) is 29.5 Å². The fourth-order valence-corrected chi connectivity index (χ4v) is 6.09. The second-order valence-corrected chi connectivity index (χ2v) is 10.5. The number of benzene rings is 1. The predicted octanol–water partition coefficient (Wildman–Crippen LogP) is 3.58. The number of hydrogen-bond donors (Lipinski definition) is 1. The first-order valence-electron chi connectivity index (χ1n) is 9.86. The maximum absolute atomic E-state index is 13.0. The van der Waals surface area contributed by atoms with Crippen molar-refractivity contribution in [2.75, 3.05) is 11.9 Å². The van der Waals surface area contributed by atoms with E-state index in [1.54, 1.807) is 12.1 Å². The number of nitrogens with one attached hydrogen (secondary N) is 1. The first kappa shape index (κ1) is 19.5. The largest absolute Gasteiger partial charge is 0.302 e. The Balaban J connectivity index is 1.47. The Morgan fingerprint density at radius 3 is 2.68 bits per heavy atom. The Hall–Kier alpha value is -1.77. The lowest BCUT2D eigenvalue weighted by molar-refractivity contribution is -0.122. The maximum Gasteiger partial charge on any atom is 0.243 e. The van der Waals surface area contributed by atoms with Crippen LogP contribution in [0.15, 0.2) is 29.2 Å². The molecule has 1 aromatic heterocycles. The summed E-state index contributed by atoms with van der Waals surface area (Å²) >= 11 is 1.39. The summed E-state index contributed by atoms with van der Waals surface area (Å²) in [7, 11) is -3.53. The topological polar surface area (TPSA) is 79.4 Å². The van der Waals surface area contributed by atoms with Gasteiger partial charge in [-0.2, -0.15) is 4.31 Å². The highest BCUT2D eigenvalue weighted by Gasteiger charge is 2.31. The van der Waals surface area contributed by atoms with Crippen LogP contribution in [0.25, 0.3) is 0 Å². The van der Waals surface area contributed by atoms with Crippen molar-refractivity contribution in [2.45, 2.75) is 56.9 Å². The Morgan fingerprint density at radius 2 is 2.04 bits per heavy atom. The van der Waals surface area contributed by atoms with Gasteiger partial charge in [0.1, 0.15) is 0 Å². The van der Waals surface area contributed by atoms with Crippen molar-refractivity contribution in [3.05, 3.63) is 40.4 Å². The van der Waals surface area contributed by atoms with Gasteiger partial charge in [-0.15, -0.1) is 11.3 Å². The van der Waals surface area contributed by atoms with E-state index in [4.69, 9.17) is 0 Å². The van der Waals surface area contributed by atoms with Crippen LogP contribution in [0, 0.1) is 5.92 Å². The Labute approximate surface area is 170 Å². The average Bonchev–Trinajstić information content (AvgIpc) is 3.02. The van der Waals surface area contributed by atoms with Crippen LogP contribution < -0.4 is 5.32 Å². The van der Waals surface area contributed by atoms with E-state index in [0.717, 1.165) is 48.2 Å². The number of anilines is 1. The normalized spacial score (nSPS) is 17.8. The summed E-state index contributed by atoms with van der Waals surface area (Å²) in [6.07, 6.45) is 5.55. The number of aryl methyl sites for hydroxylation is 1.